The molecule has 0 saturated carbocycles. The summed E-state index contributed by atoms with van der Waals surface area (Å²) < 4.78 is 0. The molecule has 0 aliphatic carbocycles. The molecular formula is C30H49N5O8S. The molecule has 248 valence electrons. The highest BCUT2D eigenvalue weighted by molar-refractivity contribution is 7.80. The van der Waals surface area contributed by atoms with Gasteiger partial charge in [0.2, 0.25) is 17.7 Å². The molecule has 1 rings (SSSR count). The maximum atomic E-state index is 12.5. The number of carboxylic acids is 2. The summed E-state index contributed by atoms with van der Waals surface area (Å²) >= 11 is 4.12. The van der Waals surface area contributed by atoms with Crippen LogP contribution in [-0.2, 0) is 24.0 Å². The molecule has 0 radical (unpaired) electrons. The number of hydrogen-bond acceptors (Lipinski definition) is 8. The Hall–Kier alpha value is -3.81. The molecule has 0 aromatic heterocycles. The molecule has 1 aromatic rings. The summed E-state index contributed by atoms with van der Waals surface area (Å²) in [6.45, 7) is 9.47. The van der Waals surface area contributed by atoms with Crippen LogP contribution in [0.5, 0.6) is 0 Å². The number of anilines is 1. The van der Waals surface area contributed by atoms with Gasteiger partial charge in [0.05, 0.1) is 12.0 Å². The standard InChI is InChI=1S/C17H29N3O7.C13H20N2OS/c1-16(2,9-17(3,4)15(26)27)14(25)20-10(13(23)24)6-7-11(21)19-8-12(22)18-5;1-2-3-8-15-13(16)11-4-6-12(7-5-11)14-9-10-17/h10H,6-9H2,1-5H3,(H,18,22)(H,19,21)(H,20,25)(H,23,24)(H,26,27);4-7,14,17H,2-3,8-10H2,1H3,(H,15,16). The van der Waals surface area contributed by atoms with E-state index in [1.165, 1.54) is 34.7 Å². The van der Waals surface area contributed by atoms with Gasteiger partial charge in [-0.1, -0.05) is 27.2 Å². The third-order valence-electron chi connectivity index (χ3n) is 6.47. The van der Waals surface area contributed by atoms with Crippen molar-refractivity contribution in [1.82, 2.24) is 21.3 Å². The average molecular weight is 640 g/mol. The van der Waals surface area contributed by atoms with E-state index in [4.69, 9.17) is 0 Å². The Kier molecular flexibility index (Phi) is 18.5. The minimum atomic E-state index is -1.31. The number of rotatable bonds is 18. The first kappa shape index (κ1) is 40.2. The predicted octanol–water partition coefficient (Wildman–Crippen LogP) is 2.28. The first-order chi connectivity index (χ1) is 20.5. The first-order valence-corrected chi connectivity index (χ1v) is 15.1. The van der Waals surface area contributed by atoms with Gasteiger partial charge in [-0.3, -0.25) is 24.0 Å². The fraction of sp³-hybridized carbons (Fsp3) is 0.600. The van der Waals surface area contributed by atoms with Crippen molar-refractivity contribution < 1.29 is 39.0 Å². The molecular weight excluding hydrogens is 590 g/mol. The van der Waals surface area contributed by atoms with E-state index in [0.29, 0.717) is 5.56 Å². The highest BCUT2D eigenvalue weighted by Crippen LogP contribution is 2.34. The molecule has 1 aromatic carbocycles. The molecule has 0 bridgehead atoms. The molecule has 0 fully saturated rings. The summed E-state index contributed by atoms with van der Waals surface area (Å²) in [5.74, 6) is -3.12. The summed E-state index contributed by atoms with van der Waals surface area (Å²) in [5, 5.41) is 31.6. The second kappa shape index (κ2) is 20.2. The number of amides is 4. The van der Waals surface area contributed by atoms with Crippen molar-refractivity contribution in [2.24, 2.45) is 10.8 Å². The van der Waals surface area contributed by atoms with Crippen molar-refractivity contribution >= 4 is 53.9 Å². The van der Waals surface area contributed by atoms with E-state index in [-0.39, 0.29) is 31.7 Å². The van der Waals surface area contributed by atoms with E-state index >= 15 is 0 Å². The van der Waals surface area contributed by atoms with Crippen LogP contribution >= 0.6 is 12.6 Å². The Labute approximate surface area is 265 Å². The van der Waals surface area contributed by atoms with Gasteiger partial charge in [0, 0.05) is 49.0 Å². The monoisotopic (exact) mass is 639 g/mol. The number of carbonyl (C=O) groups excluding carboxylic acids is 4. The van der Waals surface area contributed by atoms with Gasteiger partial charge >= 0.3 is 11.9 Å². The Balaban J connectivity index is 0.000000928. The van der Waals surface area contributed by atoms with Crippen LogP contribution in [0.1, 0.15) is 77.1 Å². The summed E-state index contributed by atoms with van der Waals surface area (Å²) in [5.41, 5.74) is -0.571. The lowest BCUT2D eigenvalue weighted by Crippen LogP contribution is -2.48. The number of aliphatic carboxylic acids is 2. The summed E-state index contributed by atoms with van der Waals surface area (Å²) in [6, 6.07) is 6.19. The fourth-order valence-electron chi connectivity index (χ4n) is 3.92. The molecule has 44 heavy (non-hydrogen) atoms. The molecule has 0 aliphatic heterocycles. The maximum absolute atomic E-state index is 12.5. The van der Waals surface area contributed by atoms with Crippen LogP contribution in [-0.4, -0.2) is 84.3 Å². The van der Waals surface area contributed by atoms with E-state index in [2.05, 4.69) is 46.1 Å². The third kappa shape index (κ3) is 16.1. The normalized spacial score (nSPS) is 11.6. The van der Waals surface area contributed by atoms with Gasteiger partial charge in [0.1, 0.15) is 6.04 Å². The zero-order valence-electron chi connectivity index (χ0n) is 26.5. The SMILES string of the molecule is CCCCNC(=O)c1ccc(NCCS)cc1.CNC(=O)CNC(=O)CCC(NC(=O)C(C)(C)CC(C)(C)C(=O)O)C(=O)O. The maximum Gasteiger partial charge on any atom is 0.326 e. The van der Waals surface area contributed by atoms with Gasteiger partial charge in [-0.15, -0.1) is 0 Å². The summed E-state index contributed by atoms with van der Waals surface area (Å²) in [6.07, 6.45) is 1.74. The Morgan fingerprint density at radius 3 is 2.00 bits per heavy atom. The van der Waals surface area contributed by atoms with Crippen molar-refractivity contribution in [3.63, 3.8) is 0 Å². The van der Waals surface area contributed by atoms with Crippen LogP contribution < -0.4 is 26.6 Å². The molecule has 1 unspecified atom stereocenters. The summed E-state index contributed by atoms with van der Waals surface area (Å²) in [4.78, 5) is 69.5. The predicted molar refractivity (Wildman–Crippen MR) is 172 cm³/mol. The highest BCUT2D eigenvalue weighted by Gasteiger charge is 2.40. The van der Waals surface area contributed by atoms with Crippen LogP contribution in [0.4, 0.5) is 5.69 Å². The van der Waals surface area contributed by atoms with Crippen LogP contribution in [0.2, 0.25) is 0 Å². The Bertz CT molecular complexity index is 1110. The van der Waals surface area contributed by atoms with Crippen molar-refractivity contribution in [1.29, 1.82) is 0 Å². The lowest BCUT2D eigenvalue weighted by molar-refractivity contribution is -0.151. The van der Waals surface area contributed by atoms with Crippen LogP contribution in [0.3, 0.4) is 0 Å². The second-order valence-electron chi connectivity index (χ2n) is 11.4. The van der Waals surface area contributed by atoms with E-state index in [1.807, 2.05) is 24.3 Å². The number of unbranched alkanes of at least 4 members (excludes halogenated alkanes) is 1. The van der Waals surface area contributed by atoms with Crippen LogP contribution in [0, 0.1) is 10.8 Å². The van der Waals surface area contributed by atoms with E-state index < -0.39 is 46.5 Å². The zero-order valence-corrected chi connectivity index (χ0v) is 27.4. The second-order valence-corrected chi connectivity index (χ2v) is 11.9. The van der Waals surface area contributed by atoms with Crippen LogP contribution in [0.25, 0.3) is 0 Å². The first-order valence-electron chi connectivity index (χ1n) is 14.5. The lowest BCUT2D eigenvalue weighted by atomic mass is 9.74. The Morgan fingerprint density at radius 2 is 1.50 bits per heavy atom. The van der Waals surface area contributed by atoms with Crippen LogP contribution in [0.15, 0.2) is 24.3 Å². The quantitative estimate of drug-likeness (QED) is 0.0876. The van der Waals surface area contributed by atoms with E-state index in [9.17, 15) is 39.0 Å². The van der Waals surface area contributed by atoms with Crippen molar-refractivity contribution in [3.05, 3.63) is 29.8 Å². The molecule has 0 aliphatic rings. The topological polar surface area (TPSA) is 203 Å². The summed E-state index contributed by atoms with van der Waals surface area (Å²) in [7, 11) is 1.41. The lowest BCUT2D eigenvalue weighted by Gasteiger charge is -2.32. The van der Waals surface area contributed by atoms with Gasteiger partial charge in [-0.2, -0.15) is 12.6 Å². The molecule has 0 heterocycles. The third-order valence-corrected chi connectivity index (χ3v) is 6.69. The van der Waals surface area contributed by atoms with Gasteiger partial charge in [-0.05, 0) is 57.4 Å². The number of hydrogen-bond donors (Lipinski definition) is 8. The highest BCUT2D eigenvalue weighted by atomic mass is 32.1. The van der Waals surface area contributed by atoms with Crippen molar-refractivity contribution in [2.45, 2.75) is 72.8 Å². The molecule has 0 spiro atoms. The van der Waals surface area contributed by atoms with E-state index in [1.54, 1.807) is 0 Å². The molecule has 13 nitrogen and oxygen atoms in total. The zero-order chi connectivity index (χ0) is 33.9. The number of nitrogens with one attached hydrogen (secondary N) is 5. The smallest absolute Gasteiger partial charge is 0.326 e. The van der Waals surface area contributed by atoms with Gasteiger partial charge < -0.3 is 36.8 Å². The molecule has 14 heteroatoms. The number of benzene rings is 1. The van der Waals surface area contributed by atoms with E-state index in [0.717, 1.165) is 37.4 Å². The molecule has 1 atom stereocenters. The average Bonchev–Trinajstić information content (AvgIpc) is 2.96. The number of likely N-dealkylation sites (N-methyl/N-ethyl adjacent to an activating group) is 1. The van der Waals surface area contributed by atoms with Gasteiger partial charge in [0.15, 0.2) is 0 Å². The van der Waals surface area contributed by atoms with Gasteiger partial charge in [0.25, 0.3) is 5.91 Å². The number of thiol groups is 1. The van der Waals surface area contributed by atoms with Crippen molar-refractivity contribution in [3.8, 4) is 0 Å². The van der Waals surface area contributed by atoms with Crippen molar-refractivity contribution in [2.75, 3.05) is 37.8 Å². The minimum absolute atomic E-state index is 0.000120. The Morgan fingerprint density at radius 1 is 0.886 bits per heavy atom. The molecule has 4 amide bonds. The minimum Gasteiger partial charge on any atom is -0.481 e. The molecule has 7 N–H and O–H groups in total. The molecule has 0 saturated heterocycles. The number of carbonyl (C=O) groups is 6. The fourth-order valence-corrected chi connectivity index (χ4v) is 4.04. The number of carboxylic acid groups (broad SMARTS) is 2. The van der Waals surface area contributed by atoms with Gasteiger partial charge in [-0.25, -0.2) is 4.79 Å². The largest absolute Gasteiger partial charge is 0.481 e.